The number of nitrogens with one attached hydrogen (secondary N) is 1. The lowest BCUT2D eigenvalue weighted by Crippen LogP contribution is -2.24. The van der Waals surface area contributed by atoms with Crippen molar-refractivity contribution in [3.8, 4) is 5.75 Å². The summed E-state index contributed by atoms with van der Waals surface area (Å²) >= 11 is 0. The number of nitrogen functional groups attached to an aromatic ring is 1. The van der Waals surface area contributed by atoms with Crippen LogP contribution in [0.3, 0.4) is 0 Å². The second-order valence-corrected chi connectivity index (χ2v) is 5.07. The van der Waals surface area contributed by atoms with Crippen molar-refractivity contribution in [2.45, 2.75) is 39.2 Å². The van der Waals surface area contributed by atoms with Crippen LogP contribution in [0.1, 0.15) is 33.1 Å². The molecule has 0 saturated carbocycles. The smallest absolute Gasteiger partial charge is 0.222 e. The average Bonchev–Trinajstić information content (AvgIpc) is 2.51. The van der Waals surface area contributed by atoms with E-state index in [2.05, 4.69) is 27.2 Å². The van der Waals surface area contributed by atoms with Gasteiger partial charge in [0.2, 0.25) is 5.95 Å². The molecule has 4 N–H and O–H groups in total. The summed E-state index contributed by atoms with van der Waals surface area (Å²) < 4.78 is 5.42. The average molecular weight is 305 g/mol. The van der Waals surface area contributed by atoms with Crippen LogP contribution in [0.5, 0.6) is 5.75 Å². The van der Waals surface area contributed by atoms with Crippen LogP contribution in [0.15, 0.2) is 12.3 Å². The predicted octanol–water partition coefficient (Wildman–Crippen LogP) is 1.97. The lowest BCUT2D eigenvalue weighted by molar-refractivity contribution is 0.267. The maximum absolute atomic E-state index is 9.49. The standard InChI is InChI=1S/C15H23N5O2/c1-3-5-6-10(9-21)18-14-13-12(19-15(16)20-14)7-11(8-17-13)22-4-2/h7-8,10,21H,3-6,9H2,1-2H3,(H3,16,18,19,20)/t10-/m1/s1. The molecule has 0 aromatic carbocycles. The van der Waals surface area contributed by atoms with Crippen molar-refractivity contribution in [3.63, 3.8) is 0 Å². The van der Waals surface area contributed by atoms with Crippen molar-refractivity contribution < 1.29 is 9.84 Å². The van der Waals surface area contributed by atoms with Crippen LogP contribution in [0.4, 0.5) is 11.8 Å². The summed E-state index contributed by atoms with van der Waals surface area (Å²) in [6.45, 7) is 4.61. The largest absolute Gasteiger partial charge is 0.492 e. The molecule has 22 heavy (non-hydrogen) atoms. The first kappa shape index (κ1) is 16.2. The van der Waals surface area contributed by atoms with E-state index in [1.807, 2.05) is 6.92 Å². The van der Waals surface area contributed by atoms with E-state index in [1.54, 1.807) is 12.3 Å². The van der Waals surface area contributed by atoms with E-state index < -0.39 is 0 Å². The molecular weight excluding hydrogens is 282 g/mol. The number of ether oxygens (including phenoxy) is 1. The van der Waals surface area contributed by atoms with Crippen molar-refractivity contribution >= 4 is 22.8 Å². The van der Waals surface area contributed by atoms with Gasteiger partial charge < -0.3 is 20.9 Å². The third-order valence-corrected chi connectivity index (χ3v) is 3.31. The van der Waals surface area contributed by atoms with Crippen LogP contribution in [-0.2, 0) is 0 Å². The quantitative estimate of drug-likeness (QED) is 0.684. The molecule has 7 nitrogen and oxygen atoms in total. The summed E-state index contributed by atoms with van der Waals surface area (Å²) in [7, 11) is 0. The van der Waals surface area contributed by atoms with Crippen LogP contribution in [0.25, 0.3) is 11.0 Å². The summed E-state index contributed by atoms with van der Waals surface area (Å²) in [6.07, 6.45) is 4.59. The summed E-state index contributed by atoms with van der Waals surface area (Å²) in [6, 6.07) is 1.71. The molecule has 2 aromatic heterocycles. The zero-order valence-electron chi connectivity index (χ0n) is 13.0. The lowest BCUT2D eigenvalue weighted by atomic mass is 10.1. The first-order valence-corrected chi connectivity index (χ1v) is 7.61. The Morgan fingerprint density at radius 3 is 2.86 bits per heavy atom. The van der Waals surface area contributed by atoms with Crippen molar-refractivity contribution in [1.29, 1.82) is 0 Å². The molecule has 1 atom stereocenters. The van der Waals surface area contributed by atoms with Gasteiger partial charge in [0.15, 0.2) is 5.82 Å². The maximum atomic E-state index is 9.49. The third kappa shape index (κ3) is 3.94. The Bertz CT molecular complexity index is 620. The Morgan fingerprint density at radius 1 is 1.36 bits per heavy atom. The molecule has 0 aliphatic carbocycles. The number of aliphatic hydroxyl groups is 1. The van der Waals surface area contributed by atoms with Gasteiger partial charge in [-0.1, -0.05) is 19.8 Å². The van der Waals surface area contributed by atoms with Crippen LogP contribution in [0.2, 0.25) is 0 Å². The topological polar surface area (TPSA) is 106 Å². The number of pyridine rings is 1. The number of nitrogens with zero attached hydrogens (tertiary/aromatic N) is 3. The number of fused-ring (bicyclic) bond motifs is 1. The van der Waals surface area contributed by atoms with Gasteiger partial charge in [-0.2, -0.15) is 4.98 Å². The van der Waals surface area contributed by atoms with Gasteiger partial charge in [-0.05, 0) is 13.3 Å². The lowest BCUT2D eigenvalue weighted by Gasteiger charge is -2.17. The molecule has 2 heterocycles. The number of unbranched alkanes of at least 4 members (excludes halogenated alkanes) is 1. The SMILES string of the molecule is CCCC[C@H](CO)Nc1nc(N)nc2cc(OCC)cnc12. The molecule has 0 aliphatic rings. The van der Waals surface area contributed by atoms with Gasteiger partial charge in [-0.3, -0.25) is 0 Å². The van der Waals surface area contributed by atoms with E-state index in [0.29, 0.717) is 29.2 Å². The van der Waals surface area contributed by atoms with E-state index in [0.717, 1.165) is 19.3 Å². The molecule has 0 spiro atoms. The van der Waals surface area contributed by atoms with Gasteiger partial charge in [-0.15, -0.1) is 0 Å². The van der Waals surface area contributed by atoms with Crippen molar-refractivity contribution in [1.82, 2.24) is 15.0 Å². The minimum atomic E-state index is -0.0779. The molecule has 2 rings (SSSR count). The first-order chi connectivity index (χ1) is 10.7. The van der Waals surface area contributed by atoms with Gasteiger partial charge in [0, 0.05) is 6.07 Å². The Labute approximate surface area is 129 Å². The number of hydrogen-bond donors (Lipinski definition) is 3. The molecule has 0 radical (unpaired) electrons. The minimum absolute atomic E-state index is 0.0302. The molecule has 2 aromatic rings. The zero-order chi connectivity index (χ0) is 15.9. The van der Waals surface area contributed by atoms with E-state index in [9.17, 15) is 5.11 Å². The van der Waals surface area contributed by atoms with Gasteiger partial charge in [0.05, 0.1) is 25.5 Å². The Kier molecular flexibility index (Phi) is 5.71. The monoisotopic (exact) mass is 305 g/mol. The molecule has 0 bridgehead atoms. The number of hydrogen-bond acceptors (Lipinski definition) is 7. The highest BCUT2D eigenvalue weighted by Crippen LogP contribution is 2.24. The van der Waals surface area contributed by atoms with Gasteiger partial charge in [-0.25, -0.2) is 9.97 Å². The number of anilines is 2. The molecule has 0 fully saturated rings. The Hall–Kier alpha value is -2.15. The fourth-order valence-electron chi connectivity index (χ4n) is 2.22. The molecule has 7 heteroatoms. The third-order valence-electron chi connectivity index (χ3n) is 3.31. The van der Waals surface area contributed by atoms with E-state index in [-0.39, 0.29) is 18.6 Å². The van der Waals surface area contributed by atoms with Crippen LogP contribution >= 0.6 is 0 Å². The van der Waals surface area contributed by atoms with E-state index in [1.165, 1.54) is 0 Å². The van der Waals surface area contributed by atoms with Crippen LogP contribution < -0.4 is 15.8 Å². The van der Waals surface area contributed by atoms with Gasteiger partial charge in [0.25, 0.3) is 0 Å². The summed E-state index contributed by atoms with van der Waals surface area (Å²) in [5.41, 5.74) is 7.01. The van der Waals surface area contributed by atoms with Gasteiger partial charge in [0.1, 0.15) is 16.8 Å². The normalized spacial score (nSPS) is 12.3. The second-order valence-electron chi connectivity index (χ2n) is 5.07. The molecule has 0 amide bonds. The number of aliphatic hydroxyl groups excluding tert-OH is 1. The maximum Gasteiger partial charge on any atom is 0.222 e. The Balaban J connectivity index is 2.31. The molecule has 0 unspecified atom stereocenters. The van der Waals surface area contributed by atoms with Gasteiger partial charge >= 0.3 is 0 Å². The molecule has 0 aliphatic heterocycles. The van der Waals surface area contributed by atoms with E-state index in [4.69, 9.17) is 10.5 Å². The highest BCUT2D eigenvalue weighted by molar-refractivity contribution is 5.86. The van der Waals surface area contributed by atoms with E-state index >= 15 is 0 Å². The number of rotatable bonds is 8. The van der Waals surface area contributed by atoms with Crippen molar-refractivity contribution in [3.05, 3.63) is 12.3 Å². The first-order valence-electron chi connectivity index (χ1n) is 7.61. The summed E-state index contributed by atoms with van der Waals surface area (Å²) in [5.74, 6) is 1.35. The molecular formula is C15H23N5O2. The zero-order valence-corrected chi connectivity index (χ0v) is 13.0. The molecule has 0 saturated heterocycles. The minimum Gasteiger partial charge on any atom is -0.492 e. The fraction of sp³-hybridized carbons (Fsp3) is 0.533. The fourth-order valence-corrected chi connectivity index (χ4v) is 2.22. The number of aromatic nitrogens is 3. The van der Waals surface area contributed by atoms with Crippen molar-refractivity contribution in [2.75, 3.05) is 24.3 Å². The molecule has 120 valence electrons. The highest BCUT2D eigenvalue weighted by atomic mass is 16.5. The number of nitrogens with two attached hydrogens (primary N) is 1. The van der Waals surface area contributed by atoms with Crippen LogP contribution in [-0.4, -0.2) is 39.3 Å². The summed E-state index contributed by atoms with van der Waals surface area (Å²) in [5, 5.41) is 12.7. The van der Waals surface area contributed by atoms with Crippen LogP contribution in [0, 0.1) is 0 Å². The Morgan fingerprint density at radius 2 is 2.18 bits per heavy atom. The second kappa shape index (κ2) is 7.74. The van der Waals surface area contributed by atoms with Crippen molar-refractivity contribution in [2.24, 2.45) is 0 Å². The predicted molar refractivity (Wildman–Crippen MR) is 86.9 cm³/mol. The summed E-state index contributed by atoms with van der Waals surface area (Å²) in [4.78, 5) is 12.8. The highest BCUT2D eigenvalue weighted by Gasteiger charge is 2.13.